The van der Waals surface area contributed by atoms with Gasteiger partial charge in [-0.25, -0.2) is 4.79 Å². The molecule has 3 N–H and O–H groups in total. The largest absolute Gasteiger partial charge is 0.355 e. The number of benzene rings is 2. The zero-order chi connectivity index (χ0) is 17.4. The summed E-state index contributed by atoms with van der Waals surface area (Å²) in [6.07, 6.45) is 0.717. The summed E-state index contributed by atoms with van der Waals surface area (Å²) < 4.78 is 0. The van der Waals surface area contributed by atoms with Crippen LogP contribution in [0.25, 0.3) is 0 Å². The average molecular weight is 346 g/mol. The van der Waals surface area contributed by atoms with Crippen molar-refractivity contribution in [1.82, 2.24) is 16.0 Å². The Balaban J connectivity index is 1.72. The van der Waals surface area contributed by atoms with E-state index in [0.717, 1.165) is 17.5 Å². The molecule has 0 aromatic heterocycles. The fourth-order valence-corrected chi connectivity index (χ4v) is 2.39. The molecule has 0 saturated heterocycles. The van der Waals surface area contributed by atoms with Crippen molar-refractivity contribution in [2.45, 2.75) is 13.0 Å². The van der Waals surface area contributed by atoms with Gasteiger partial charge in [-0.3, -0.25) is 4.79 Å². The molecule has 0 atom stereocenters. The van der Waals surface area contributed by atoms with Crippen LogP contribution in [0.4, 0.5) is 4.79 Å². The highest BCUT2D eigenvalue weighted by Gasteiger charge is 2.04. The lowest BCUT2D eigenvalue weighted by Crippen LogP contribution is -2.36. The Morgan fingerprint density at radius 1 is 1.00 bits per heavy atom. The number of carbonyl (C=O) groups is 2. The van der Waals surface area contributed by atoms with Gasteiger partial charge >= 0.3 is 6.03 Å². The second-order valence-electron chi connectivity index (χ2n) is 5.27. The SMILES string of the molecule is CNC(=O)c1ccc(CNC(=O)NCCc2cccc(Cl)c2)cc1. The van der Waals surface area contributed by atoms with Crippen LogP contribution in [-0.4, -0.2) is 25.5 Å². The van der Waals surface area contributed by atoms with Gasteiger partial charge in [-0.2, -0.15) is 0 Å². The molecule has 2 aromatic rings. The van der Waals surface area contributed by atoms with Gasteiger partial charge in [0.1, 0.15) is 0 Å². The average Bonchev–Trinajstić information content (AvgIpc) is 2.60. The number of rotatable bonds is 6. The van der Waals surface area contributed by atoms with Crippen molar-refractivity contribution in [1.29, 1.82) is 0 Å². The molecule has 0 aliphatic carbocycles. The van der Waals surface area contributed by atoms with Crippen molar-refractivity contribution < 1.29 is 9.59 Å². The predicted molar refractivity (Wildman–Crippen MR) is 95.2 cm³/mol. The maximum Gasteiger partial charge on any atom is 0.315 e. The van der Waals surface area contributed by atoms with E-state index in [2.05, 4.69) is 16.0 Å². The summed E-state index contributed by atoms with van der Waals surface area (Å²) in [6, 6.07) is 14.4. The van der Waals surface area contributed by atoms with Crippen LogP contribution in [-0.2, 0) is 13.0 Å². The number of urea groups is 1. The van der Waals surface area contributed by atoms with Crippen LogP contribution in [0.5, 0.6) is 0 Å². The summed E-state index contributed by atoms with van der Waals surface area (Å²) in [5.74, 6) is -0.131. The first-order valence-electron chi connectivity index (χ1n) is 7.65. The molecule has 0 aliphatic rings. The van der Waals surface area contributed by atoms with Gasteiger partial charge in [0.25, 0.3) is 5.91 Å². The summed E-state index contributed by atoms with van der Waals surface area (Å²) in [6.45, 7) is 0.929. The van der Waals surface area contributed by atoms with E-state index < -0.39 is 0 Å². The fraction of sp³-hybridized carbons (Fsp3) is 0.222. The topological polar surface area (TPSA) is 70.2 Å². The van der Waals surface area contributed by atoms with Crippen LogP contribution in [0, 0.1) is 0 Å². The maximum absolute atomic E-state index is 11.8. The predicted octanol–water partition coefficient (Wildman–Crippen LogP) is 2.74. The van der Waals surface area contributed by atoms with Gasteiger partial charge in [0.15, 0.2) is 0 Å². The Labute approximate surface area is 146 Å². The molecule has 0 spiro atoms. The molecule has 0 fully saturated rings. The van der Waals surface area contributed by atoms with Crippen molar-refractivity contribution in [3.05, 3.63) is 70.2 Å². The minimum Gasteiger partial charge on any atom is -0.355 e. The molecular weight excluding hydrogens is 326 g/mol. The number of amides is 3. The summed E-state index contributed by atoms with van der Waals surface area (Å²) >= 11 is 5.92. The van der Waals surface area contributed by atoms with Gasteiger partial charge in [-0.15, -0.1) is 0 Å². The summed E-state index contributed by atoms with van der Waals surface area (Å²) in [5, 5.41) is 8.84. The van der Waals surface area contributed by atoms with E-state index in [9.17, 15) is 9.59 Å². The van der Waals surface area contributed by atoms with Crippen LogP contribution in [0.1, 0.15) is 21.5 Å². The van der Waals surface area contributed by atoms with E-state index in [-0.39, 0.29) is 11.9 Å². The zero-order valence-corrected chi connectivity index (χ0v) is 14.2. The summed E-state index contributed by atoms with van der Waals surface area (Å²) in [5.41, 5.74) is 2.59. The number of hydrogen-bond donors (Lipinski definition) is 3. The third-order valence-corrected chi connectivity index (χ3v) is 3.72. The minimum atomic E-state index is -0.229. The fourth-order valence-electron chi connectivity index (χ4n) is 2.18. The minimum absolute atomic E-state index is 0.131. The molecule has 0 aliphatic heterocycles. The molecule has 2 rings (SSSR count). The first-order chi connectivity index (χ1) is 11.6. The second kappa shape index (κ2) is 8.93. The van der Waals surface area contributed by atoms with Gasteiger partial charge in [-0.1, -0.05) is 35.9 Å². The highest BCUT2D eigenvalue weighted by Crippen LogP contribution is 2.10. The normalized spacial score (nSPS) is 10.1. The highest BCUT2D eigenvalue weighted by molar-refractivity contribution is 6.30. The smallest absolute Gasteiger partial charge is 0.315 e. The standard InChI is InChI=1S/C18H20ClN3O2/c1-20-17(23)15-7-5-14(6-8-15)12-22-18(24)21-10-9-13-3-2-4-16(19)11-13/h2-8,11H,9-10,12H2,1H3,(H,20,23)(H2,21,22,24). The third-order valence-electron chi connectivity index (χ3n) is 3.48. The molecule has 6 heteroatoms. The van der Waals surface area contributed by atoms with Crippen LogP contribution in [0.3, 0.4) is 0 Å². The molecule has 2 aromatic carbocycles. The molecular formula is C18H20ClN3O2. The quantitative estimate of drug-likeness (QED) is 0.753. The van der Waals surface area contributed by atoms with Crippen molar-refractivity contribution in [2.75, 3.05) is 13.6 Å². The Kier molecular flexibility index (Phi) is 6.63. The van der Waals surface area contributed by atoms with E-state index in [0.29, 0.717) is 23.7 Å². The van der Waals surface area contributed by atoms with Gasteiger partial charge in [0, 0.05) is 30.7 Å². The van der Waals surface area contributed by atoms with Crippen molar-refractivity contribution in [3.8, 4) is 0 Å². The lowest BCUT2D eigenvalue weighted by atomic mass is 10.1. The number of carbonyl (C=O) groups excluding carboxylic acids is 2. The van der Waals surface area contributed by atoms with Crippen molar-refractivity contribution >= 4 is 23.5 Å². The van der Waals surface area contributed by atoms with E-state index >= 15 is 0 Å². The molecule has 0 bridgehead atoms. The van der Waals surface area contributed by atoms with Gasteiger partial charge in [0.2, 0.25) is 0 Å². The number of nitrogens with one attached hydrogen (secondary N) is 3. The first-order valence-corrected chi connectivity index (χ1v) is 8.03. The third kappa shape index (κ3) is 5.59. The Morgan fingerprint density at radius 3 is 2.42 bits per heavy atom. The van der Waals surface area contributed by atoms with Crippen LogP contribution in [0.2, 0.25) is 5.02 Å². The molecule has 5 nitrogen and oxygen atoms in total. The van der Waals surface area contributed by atoms with Gasteiger partial charge < -0.3 is 16.0 Å². The van der Waals surface area contributed by atoms with E-state index in [1.807, 2.05) is 36.4 Å². The Hall–Kier alpha value is -2.53. The first kappa shape index (κ1) is 17.8. The zero-order valence-electron chi connectivity index (χ0n) is 13.4. The Morgan fingerprint density at radius 2 is 1.75 bits per heavy atom. The summed E-state index contributed by atoms with van der Waals surface area (Å²) in [4.78, 5) is 23.2. The molecule has 3 amide bonds. The van der Waals surface area contributed by atoms with Crippen LogP contribution < -0.4 is 16.0 Å². The number of halogens is 1. The van der Waals surface area contributed by atoms with Gasteiger partial charge in [-0.05, 0) is 41.8 Å². The maximum atomic E-state index is 11.8. The summed E-state index contributed by atoms with van der Waals surface area (Å²) in [7, 11) is 1.59. The van der Waals surface area contributed by atoms with Crippen LogP contribution in [0.15, 0.2) is 48.5 Å². The highest BCUT2D eigenvalue weighted by atomic mass is 35.5. The molecule has 0 radical (unpaired) electrons. The number of hydrogen-bond acceptors (Lipinski definition) is 2. The molecule has 0 saturated carbocycles. The lowest BCUT2D eigenvalue weighted by Gasteiger charge is -2.08. The molecule has 126 valence electrons. The van der Waals surface area contributed by atoms with E-state index in [1.54, 1.807) is 19.2 Å². The lowest BCUT2D eigenvalue weighted by molar-refractivity contribution is 0.0963. The van der Waals surface area contributed by atoms with E-state index in [1.165, 1.54) is 0 Å². The Bertz CT molecular complexity index is 702. The second-order valence-corrected chi connectivity index (χ2v) is 5.70. The van der Waals surface area contributed by atoms with E-state index in [4.69, 9.17) is 11.6 Å². The molecule has 0 heterocycles. The van der Waals surface area contributed by atoms with Gasteiger partial charge in [0.05, 0.1) is 0 Å². The van der Waals surface area contributed by atoms with Crippen molar-refractivity contribution in [2.24, 2.45) is 0 Å². The van der Waals surface area contributed by atoms with Crippen LogP contribution >= 0.6 is 11.6 Å². The monoisotopic (exact) mass is 345 g/mol. The molecule has 24 heavy (non-hydrogen) atoms. The van der Waals surface area contributed by atoms with Crippen molar-refractivity contribution in [3.63, 3.8) is 0 Å². The molecule has 0 unspecified atom stereocenters.